The van der Waals surface area contributed by atoms with E-state index in [2.05, 4.69) is 16.0 Å². The van der Waals surface area contributed by atoms with E-state index in [0.29, 0.717) is 0 Å². The minimum absolute atomic E-state index is 0. The third kappa shape index (κ3) is 2.33. The largest absolute Gasteiger partial charge is 0.513 e. The van der Waals surface area contributed by atoms with Crippen LogP contribution in [-0.2, 0) is 20.1 Å². The Morgan fingerprint density at radius 3 is 2.57 bits per heavy atom. The predicted molar refractivity (Wildman–Crippen MR) is 77.8 cm³/mol. The minimum atomic E-state index is 0. The summed E-state index contributed by atoms with van der Waals surface area (Å²) in [5, 5.41) is 0. The van der Waals surface area contributed by atoms with Gasteiger partial charge in [0.25, 0.3) is 0 Å². The van der Waals surface area contributed by atoms with Crippen LogP contribution in [0.3, 0.4) is 0 Å². The Bertz CT molecular complexity index is 716. The molecule has 1 aliphatic heterocycles. The fourth-order valence-corrected chi connectivity index (χ4v) is 2.36. The van der Waals surface area contributed by atoms with Gasteiger partial charge in [0.05, 0.1) is 5.69 Å². The Morgan fingerprint density at radius 2 is 1.71 bits per heavy atom. The van der Waals surface area contributed by atoms with Crippen molar-refractivity contribution >= 4 is 17.2 Å². The molecule has 1 radical (unpaired) electrons. The average Bonchev–Trinajstić information content (AvgIpc) is 2.53. The third-order valence-corrected chi connectivity index (χ3v) is 3.23. The molecule has 105 valence electrons. The van der Waals surface area contributed by atoms with E-state index in [-0.39, 0.29) is 20.1 Å². The quantitative estimate of drug-likeness (QED) is 0.400. The summed E-state index contributed by atoms with van der Waals surface area (Å²) in [6.45, 7) is 0. The first-order valence-corrected chi connectivity index (χ1v) is 6.42. The van der Waals surface area contributed by atoms with Crippen LogP contribution in [0.25, 0.3) is 0 Å². The number of ether oxygens (including phenoxy) is 1. The molecule has 0 N–H and O–H groups in total. The number of rotatable bonds is 1. The van der Waals surface area contributed by atoms with E-state index in [1.54, 1.807) is 6.20 Å². The number of hydrogen-bond acceptors (Lipinski definition) is 3. The molecule has 1 aliphatic rings. The second kappa shape index (κ2) is 5.68. The Labute approximate surface area is 136 Å². The van der Waals surface area contributed by atoms with Crippen molar-refractivity contribution < 1.29 is 24.8 Å². The van der Waals surface area contributed by atoms with Gasteiger partial charge >= 0.3 is 0 Å². The Hall–Kier alpha value is -2.16. The van der Waals surface area contributed by atoms with Crippen LogP contribution < -0.4 is 9.64 Å². The smallest absolute Gasteiger partial charge is 0.135 e. The molecule has 2 heterocycles. The van der Waals surface area contributed by atoms with Crippen molar-refractivity contribution in [3.8, 4) is 11.5 Å². The molecule has 0 fully saturated rings. The van der Waals surface area contributed by atoms with Crippen molar-refractivity contribution in [1.29, 1.82) is 0 Å². The fraction of sp³-hybridized carbons (Fsp3) is 0. The first-order chi connectivity index (χ1) is 9.93. The summed E-state index contributed by atoms with van der Waals surface area (Å²) in [6.07, 6.45) is 1.79. The summed E-state index contributed by atoms with van der Waals surface area (Å²) in [4.78, 5) is 6.51. The van der Waals surface area contributed by atoms with Crippen LogP contribution in [-0.4, -0.2) is 4.98 Å². The second-order valence-corrected chi connectivity index (χ2v) is 4.48. The van der Waals surface area contributed by atoms with Gasteiger partial charge in [0.15, 0.2) is 0 Å². The van der Waals surface area contributed by atoms with Gasteiger partial charge in [0, 0.05) is 32.1 Å². The predicted octanol–water partition coefficient (Wildman–Crippen LogP) is 4.45. The molecule has 1 aromatic heterocycles. The first kappa shape index (κ1) is 13.8. The maximum absolute atomic E-state index is 5.93. The zero-order chi connectivity index (χ0) is 13.4. The summed E-state index contributed by atoms with van der Waals surface area (Å²) < 4.78 is 5.93. The van der Waals surface area contributed by atoms with Crippen molar-refractivity contribution in [3.05, 3.63) is 72.9 Å². The average molecular weight is 452 g/mol. The fourth-order valence-electron chi connectivity index (χ4n) is 2.36. The SMILES string of the molecule is [Ir].[c-]1cccc2c1N(c1ccccn1)c1ccccc1O2. The van der Waals surface area contributed by atoms with E-state index in [4.69, 9.17) is 4.74 Å². The second-order valence-electron chi connectivity index (χ2n) is 4.48. The number of pyridine rings is 1. The van der Waals surface area contributed by atoms with Crippen LogP contribution in [0, 0.1) is 6.07 Å². The maximum Gasteiger partial charge on any atom is 0.135 e. The van der Waals surface area contributed by atoms with Gasteiger partial charge in [-0.1, -0.05) is 18.2 Å². The zero-order valence-electron chi connectivity index (χ0n) is 11.0. The van der Waals surface area contributed by atoms with Crippen molar-refractivity contribution in [2.24, 2.45) is 0 Å². The zero-order valence-corrected chi connectivity index (χ0v) is 13.4. The van der Waals surface area contributed by atoms with Gasteiger partial charge in [-0.15, -0.1) is 6.07 Å². The molecule has 0 unspecified atom stereocenters. The maximum atomic E-state index is 5.93. The molecule has 4 heteroatoms. The molecule has 0 saturated heterocycles. The van der Waals surface area contributed by atoms with Crippen LogP contribution in [0.1, 0.15) is 0 Å². The normalized spacial score (nSPS) is 11.7. The monoisotopic (exact) mass is 452 g/mol. The molecule has 0 aliphatic carbocycles. The molecule has 21 heavy (non-hydrogen) atoms. The number of hydrogen-bond donors (Lipinski definition) is 0. The molecule has 0 bridgehead atoms. The number of nitrogens with zero attached hydrogens (tertiary/aromatic N) is 2. The number of aromatic nitrogens is 1. The minimum Gasteiger partial charge on any atom is -0.513 e. The van der Waals surface area contributed by atoms with Crippen molar-refractivity contribution in [1.82, 2.24) is 4.98 Å². The van der Waals surface area contributed by atoms with E-state index < -0.39 is 0 Å². The summed E-state index contributed by atoms with van der Waals surface area (Å²) >= 11 is 0. The molecule has 3 aromatic rings. The van der Waals surface area contributed by atoms with E-state index in [9.17, 15) is 0 Å². The van der Waals surface area contributed by atoms with Gasteiger partial charge in [-0.05, 0) is 30.0 Å². The van der Waals surface area contributed by atoms with Gasteiger partial charge in [-0.2, -0.15) is 18.2 Å². The van der Waals surface area contributed by atoms with E-state index in [1.165, 1.54) is 0 Å². The molecule has 2 aromatic carbocycles. The number of fused-ring (bicyclic) bond motifs is 2. The summed E-state index contributed by atoms with van der Waals surface area (Å²) in [5.41, 5.74) is 1.85. The Kier molecular flexibility index (Phi) is 3.73. The number of anilines is 3. The first-order valence-electron chi connectivity index (χ1n) is 6.42. The Morgan fingerprint density at radius 1 is 0.905 bits per heavy atom. The van der Waals surface area contributed by atoms with Crippen LogP contribution in [0.15, 0.2) is 66.9 Å². The molecular formula is C17H11IrN2O-. The van der Waals surface area contributed by atoms with Crippen molar-refractivity contribution in [2.75, 3.05) is 4.90 Å². The topological polar surface area (TPSA) is 25.4 Å². The van der Waals surface area contributed by atoms with E-state index in [1.807, 2.05) is 60.7 Å². The standard InChI is InChI=1S/C17H11N2O.Ir/c1-3-9-15-13(7-1)19(17-11-5-6-12-18-17)14-8-2-4-10-16(14)20-15;/h1-7,9-12H;/q-1;. The summed E-state index contributed by atoms with van der Waals surface area (Å²) in [6, 6.07) is 22.8. The van der Waals surface area contributed by atoms with Gasteiger partial charge in [0.2, 0.25) is 0 Å². The summed E-state index contributed by atoms with van der Waals surface area (Å²) in [5.74, 6) is 2.47. The van der Waals surface area contributed by atoms with Gasteiger partial charge in [-0.25, -0.2) is 4.98 Å². The Balaban J connectivity index is 0.00000132. The van der Waals surface area contributed by atoms with Gasteiger partial charge in [-0.3, -0.25) is 0 Å². The van der Waals surface area contributed by atoms with E-state index in [0.717, 1.165) is 28.7 Å². The molecule has 0 atom stereocenters. The van der Waals surface area contributed by atoms with Gasteiger partial charge in [0.1, 0.15) is 11.6 Å². The molecule has 3 nitrogen and oxygen atoms in total. The number of para-hydroxylation sites is 3. The molecule has 0 amide bonds. The number of benzene rings is 2. The molecular weight excluding hydrogens is 440 g/mol. The van der Waals surface area contributed by atoms with Crippen LogP contribution in [0.2, 0.25) is 0 Å². The molecule has 4 rings (SSSR count). The summed E-state index contributed by atoms with van der Waals surface area (Å²) in [7, 11) is 0. The van der Waals surface area contributed by atoms with Gasteiger partial charge < -0.3 is 9.64 Å². The molecule has 0 spiro atoms. The third-order valence-electron chi connectivity index (χ3n) is 3.23. The van der Waals surface area contributed by atoms with Crippen LogP contribution >= 0.6 is 0 Å². The van der Waals surface area contributed by atoms with Crippen LogP contribution in [0.4, 0.5) is 17.2 Å². The van der Waals surface area contributed by atoms with Crippen molar-refractivity contribution in [2.45, 2.75) is 0 Å². The van der Waals surface area contributed by atoms with E-state index >= 15 is 0 Å². The van der Waals surface area contributed by atoms with Crippen LogP contribution in [0.5, 0.6) is 11.5 Å². The van der Waals surface area contributed by atoms with Crippen molar-refractivity contribution in [3.63, 3.8) is 0 Å². The molecule has 0 saturated carbocycles.